The van der Waals surface area contributed by atoms with E-state index in [1.165, 1.54) is 23.3 Å². The van der Waals surface area contributed by atoms with Gasteiger partial charge in [0.1, 0.15) is 0 Å². The summed E-state index contributed by atoms with van der Waals surface area (Å²) in [6.45, 7) is 0. The number of benzene rings is 3. The summed E-state index contributed by atoms with van der Waals surface area (Å²) >= 11 is 0. The third-order valence-corrected chi connectivity index (χ3v) is 5.22. The van der Waals surface area contributed by atoms with Crippen molar-refractivity contribution in [3.8, 4) is 0 Å². The number of fused-ring (bicyclic) bond motifs is 2. The fourth-order valence-electron chi connectivity index (χ4n) is 3.03. The molecule has 0 aromatic heterocycles. The van der Waals surface area contributed by atoms with Crippen molar-refractivity contribution in [2.45, 2.75) is 11.3 Å². The molecule has 4 N–H and O–H groups in total. The Balaban J connectivity index is 1.65. The Hall–Kier alpha value is -2.83. The second-order valence-electron chi connectivity index (χ2n) is 5.98. The van der Waals surface area contributed by atoms with Crippen LogP contribution in [-0.4, -0.2) is 8.42 Å². The third kappa shape index (κ3) is 3.09. The summed E-state index contributed by atoms with van der Waals surface area (Å²) in [5.74, 6) is 0. The van der Waals surface area contributed by atoms with Crippen LogP contribution < -0.4 is 15.8 Å². The molecule has 0 saturated heterocycles. The molecule has 25 heavy (non-hydrogen) atoms. The Morgan fingerprint density at radius 1 is 0.880 bits per heavy atom. The van der Waals surface area contributed by atoms with Gasteiger partial charge in [0.15, 0.2) is 0 Å². The predicted octanol–water partition coefficient (Wildman–Crippen LogP) is 3.73. The molecule has 1 heterocycles. The highest BCUT2D eigenvalue weighted by atomic mass is 32.2. The van der Waals surface area contributed by atoms with Crippen LogP contribution in [0.2, 0.25) is 0 Å². The van der Waals surface area contributed by atoms with Crippen molar-refractivity contribution in [1.82, 2.24) is 0 Å². The number of primary sulfonamides is 1. The predicted molar refractivity (Wildman–Crippen MR) is 100 cm³/mol. The lowest BCUT2D eigenvalue weighted by molar-refractivity contribution is 0.598. The van der Waals surface area contributed by atoms with Crippen molar-refractivity contribution in [3.05, 3.63) is 77.9 Å². The van der Waals surface area contributed by atoms with Crippen LogP contribution in [0.15, 0.2) is 71.6 Å². The number of anilines is 4. The summed E-state index contributed by atoms with van der Waals surface area (Å²) in [6.07, 6.45) is 0.830. The van der Waals surface area contributed by atoms with Gasteiger partial charge in [-0.1, -0.05) is 24.3 Å². The highest BCUT2D eigenvalue weighted by molar-refractivity contribution is 7.89. The van der Waals surface area contributed by atoms with Gasteiger partial charge < -0.3 is 10.6 Å². The maximum absolute atomic E-state index is 11.4. The van der Waals surface area contributed by atoms with Gasteiger partial charge in [0, 0.05) is 34.7 Å². The fourth-order valence-corrected chi connectivity index (χ4v) is 3.54. The number of sulfonamides is 1. The summed E-state index contributed by atoms with van der Waals surface area (Å²) in [7, 11) is -3.68. The van der Waals surface area contributed by atoms with E-state index >= 15 is 0 Å². The lowest BCUT2D eigenvalue weighted by atomic mass is 9.96. The molecular weight excluding hydrogens is 334 g/mol. The third-order valence-electron chi connectivity index (χ3n) is 4.29. The molecule has 6 heteroatoms. The first kappa shape index (κ1) is 15.7. The SMILES string of the molecule is NS(=O)(=O)c1ccc(Nc2cccc3c2Cc2ccccc2N3)cc1. The first-order chi connectivity index (χ1) is 12.0. The fraction of sp³-hybridized carbons (Fsp3) is 0.0526. The first-order valence-electron chi connectivity index (χ1n) is 7.87. The number of rotatable bonds is 3. The van der Waals surface area contributed by atoms with E-state index in [-0.39, 0.29) is 4.90 Å². The summed E-state index contributed by atoms with van der Waals surface area (Å²) < 4.78 is 22.7. The van der Waals surface area contributed by atoms with Crippen LogP contribution in [0.25, 0.3) is 0 Å². The zero-order valence-corrected chi connectivity index (χ0v) is 14.2. The van der Waals surface area contributed by atoms with Crippen LogP contribution in [0.5, 0.6) is 0 Å². The molecule has 4 rings (SSSR count). The molecule has 5 nitrogen and oxygen atoms in total. The van der Waals surface area contributed by atoms with E-state index in [2.05, 4.69) is 28.8 Å². The van der Waals surface area contributed by atoms with Gasteiger partial charge in [0.25, 0.3) is 0 Å². The van der Waals surface area contributed by atoms with Crippen molar-refractivity contribution < 1.29 is 8.42 Å². The molecule has 0 aliphatic carbocycles. The van der Waals surface area contributed by atoms with E-state index in [0.717, 1.165) is 29.2 Å². The Kier molecular flexibility index (Phi) is 3.71. The smallest absolute Gasteiger partial charge is 0.238 e. The quantitative estimate of drug-likeness (QED) is 0.525. The summed E-state index contributed by atoms with van der Waals surface area (Å²) in [5, 5.41) is 12.0. The monoisotopic (exact) mass is 351 g/mol. The second-order valence-corrected chi connectivity index (χ2v) is 7.55. The van der Waals surface area contributed by atoms with Crippen LogP contribution in [0.3, 0.4) is 0 Å². The lowest BCUT2D eigenvalue weighted by Crippen LogP contribution is -2.12. The Labute approximate surface area is 146 Å². The maximum Gasteiger partial charge on any atom is 0.238 e. The molecule has 0 radical (unpaired) electrons. The number of nitrogens with one attached hydrogen (secondary N) is 2. The number of hydrogen-bond donors (Lipinski definition) is 3. The number of hydrogen-bond acceptors (Lipinski definition) is 4. The minimum atomic E-state index is -3.68. The standard InChI is InChI=1S/C19H17N3O2S/c20-25(23,24)15-10-8-14(9-11-15)21-18-6-3-7-19-16(18)12-13-4-1-2-5-17(13)22-19/h1-11,21-22H,12H2,(H2,20,23,24). The Morgan fingerprint density at radius 3 is 2.36 bits per heavy atom. The molecule has 1 aliphatic rings. The van der Waals surface area contributed by atoms with E-state index in [1.807, 2.05) is 24.3 Å². The minimum absolute atomic E-state index is 0.101. The van der Waals surface area contributed by atoms with Gasteiger partial charge in [-0.15, -0.1) is 0 Å². The van der Waals surface area contributed by atoms with Crippen LogP contribution >= 0.6 is 0 Å². The summed E-state index contributed by atoms with van der Waals surface area (Å²) in [6, 6.07) is 20.7. The molecule has 0 atom stereocenters. The highest BCUT2D eigenvalue weighted by Crippen LogP contribution is 2.37. The molecule has 0 spiro atoms. The molecule has 3 aromatic rings. The number of para-hydroxylation sites is 1. The van der Waals surface area contributed by atoms with Crippen molar-refractivity contribution in [2.75, 3.05) is 10.6 Å². The van der Waals surface area contributed by atoms with Crippen molar-refractivity contribution >= 4 is 32.8 Å². The molecule has 0 unspecified atom stereocenters. The van der Waals surface area contributed by atoms with Crippen LogP contribution in [0, 0.1) is 0 Å². The average Bonchev–Trinajstić information content (AvgIpc) is 2.60. The first-order valence-corrected chi connectivity index (χ1v) is 9.42. The van der Waals surface area contributed by atoms with Gasteiger partial charge in [-0.2, -0.15) is 0 Å². The van der Waals surface area contributed by atoms with E-state index in [4.69, 9.17) is 5.14 Å². The average molecular weight is 351 g/mol. The Bertz CT molecular complexity index is 1040. The van der Waals surface area contributed by atoms with Crippen LogP contribution in [0.4, 0.5) is 22.7 Å². The minimum Gasteiger partial charge on any atom is -0.355 e. The van der Waals surface area contributed by atoms with Gasteiger partial charge in [-0.3, -0.25) is 0 Å². The molecule has 0 bridgehead atoms. The molecule has 0 amide bonds. The van der Waals surface area contributed by atoms with Crippen molar-refractivity contribution in [3.63, 3.8) is 0 Å². The van der Waals surface area contributed by atoms with E-state index in [1.54, 1.807) is 12.1 Å². The Morgan fingerprint density at radius 2 is 1.60 bits per heavy atom. The molecular formula is C19H17N3O2S. The van der Waals surface area contributed by atoms with Gasteiger partial charge >= 0.3 is 0 Å². The van der Waals surface area contributed by atoms with Gasteiger partial charge in [-0.25, -0.2) is 13.6 Å². The highest BCUT2D eigenvalue weighted by Gasteiger charge is 2.17. The number of nitrogens with two attached hydrogens (primary N) is 1. The van der Waals surface area contributed by atoms with Gasteiger partial charge in [0.2, 0.25) is 10.0 Å². The normalized spacial score (nSPS) is 12.7. The van der Waals surface area contributed by atoms with Crippen molar-refractivity contribution in [2.24, 2.45) is 5.14 Å². The summed E-state index contributed by atoms with van der Waals surface area (Å²) in [5.41, 5.74) is 6.42. The lowest BCUT2D eigenvalue weighted by Gasteiger charge is -2.24. The topological polar surface area (TPSA) is 84.2 Å². The second kappa shape index (κ2) is 5.91. The zero-order valence-electron chi connectivity index (χ0n) is 13.4. The van der Waals surface area contributed by atoms with Crippen LogP contribution in [-0.2, 0) is 16.4 Å². The van der Waals surface area contributed by atoms with Gasteiger partial charge in [-0.05, 0) is 48.0 Å². The molecule has 1 aliphatic heterocycles. The van der Waals surface area contributed by atoms with E-state index in [0.29, 0.717) is 0 Å². The zero-order chi connectivity index (χ0) is 17.4. The molecule has 3 aromatic carbocycles. The van der Waals surface area contributed by atoms with Crippen LogP contribution in [0.1, 0.15) is 11.1 Å². The van der Waals surface area contributed by atoms with Crippen molar-refractivity contribution in [1.29, 1.82) is 0 Å². The van der Waals surface area contributed by atoms with Gasteiger partial charge in [0.05, 0.1) is 4.90 Å². The molecule has 126 valence electrons. The summed E-state index contributed by atoms with van der Waals surface area (Å²) in [4.78, 5) is 0.101. The van der Waals surface area contributed by atoms with E-state index in [9.17, 15) is 8.42 Å². The maximum atomic E-state index is 11.4. The molecule has 0 saturated carbocycles. The molecule has 0 fully saturated rings. The van der Waals surface area contributed by atoms with E-state index < -0.39 is 10.0 Å². The largest absolute Gasteiger partial charge is 0.355 e.